The summed E-state index contributed by atoms with van der Waals surface area (Å²) >= 11 is 3.26. The van der Waals surface area contributed by atoms with Crippen LogP contribution >= 0.6 is 15.9 Å². The summed E-state index contributed by atoms with van der Waals surface area (Å²) in [6.45, 7) is 0.609. The molecule has 0 fully saturated rings. The number of amides is 1. The molecule has 3 rings (SSSR count). The topological polar surface area (TPSA) is 51.2 Å². The normalized spacial score (nSPS) is 10.3. The molecule has 126 valence electrons. The van der Waals surface area contributed by atoms with Crippen molar-refractivity contribution in [1.29, 1.82) is 0 Å². The number of carbonyl (C=O) groups excluding carboxylic acids is 1. The highest BCUT2D eigenvalue weighted by atomic mass is 79.9. The van der Waals surface area contributed by atoms with Gasteiger partial charge in [0, 0.05) is 12.1 Å². The van der Waals surface area contributed by atoms with Crippen LogP contribution in [0.4, 0.5) is 5.69 Å². The molecule has 1 aromatic heterocycles. The predicted molar refractivity (Wildman–Crippen MR) is 102 cm³/mol. The van der Waals surface area contributed by atoms with Crippen molar-refractivity contribution < 1.29 is 9.53 Å². The van der Waals surface area contributed by atoms with E-state index >= 15 is 0 Å². The van der Waals surface area contributed by atoms with Crippen LogP contribution in [-0.4, -0.2) is 17.5 Å². The summed E-state index contributed by atoms with van der Waals surface area (Å²) in [5, 5.41) is 2.82. The number of halogens is 1. The highest BCUT2D eigenvalue weighted by molar-refractivity contribution is 9.10. The Kier molecular flexibility index (Phi) is 5.80. The van der Waals surface area contributed by atoms with Crippen LogP contribution in [-0.2, 0) is 6.42 Å². The molecule has 0 atom stereocenters. The van der Waals surface area contributed by atoms with Crippen LogP contribution < -0.4 is 10.1 Å². The first-order chi connectivity index (χ1) is 12.2. The summed E-state index contributed by atoms with van der Waals surface area (Å²) in [6.07, 6.45) is 0.855. The molecule has 25 heavy (non-hydrogen) atoms. The van der Waals surface area contributed by atoms with Crippen molar-refractivity contribution in [1.82, 2.24) is 4.98 Å². The smallest absolute Gasteiger partial charge is 0.274 e. The molecule has 1 N–H and O–H groups in total. The van der Waals surface area contributed by atoms with E-state index in [9.17, 15) is 4.79 Å². The fourth-order valence-electron chi connectivity index (χ4n) is 2.30. The Bertz CT molecular complexity index is 836. The standard InChI is InChI=1S/C20H17BrN2O2/c21-19-8-4-7-18(23-19)20(24)22-16-9-11-17(12-10-16)25-14-13-15-5-2-1-3-6-15/h1-12H,13-14H2,(H,22,24). The van der Waals surface area contributed by atoms with Crippen molar-refractivity contribution in [3.63, 3.8) is 0 Å². The highest BCUT2D eigenvalue weighted by Gasteiger charge is 2.08. The van der Waals surface area contributed by atoms with Gasteiger partial charge in [0.1, 0.15) is 16.0 Å². The van der Waals surface area contributed by atoms with Gasteiger partial charge in [-0.05, 0) is 57.9 Å². The van der Waals surface area contributed by atoms with E-state index in [4.69, 9.17) is 4.74 Å². The third-order valence-electron chi connectivity index (χ3n) is 3.56. The van der Waals surface area contributed by atoms with E-state index in [0.717, 1.165) is 12.2 Å². The number of benzene rings is 2. The number of hydrogen-bond acceptors (Lipinski definition) is 3. The molecule has 0 aliphatic heterocycles. The number of pyridine rings is 1. The van der Waals surface area contributed by atoms with Gasteiger partial charge in [0.05, 0.1) is 6.61 Å². The lowest BCUT2D eigenvalue weighted by Crippen LogP contribution is -2.13. The van der Waals surface area contributed by atoms with Crippen LogP contribution in [0.2, 0.25) is 0 Å². The van der Waals surface area contributed by atoms with Crippen molar-refractivity contribution in [2.75, 3.05) is 11.9 Å². The zero-order chi connectivity index (χ0) is 17.5. The minimum absolute atomic E-state index is 0.251. The average Bonchev–Trinajstić information content (AvgIpc) is 2.64. The Morgan fingerprint density at radius 3 is 2.44 bits per heavy atom. The molecule has 0 bridgehead atoms. The number of aromatic nitrogens is 1. The van der Waals surface area contributed by atoms with Gasteiger partial charge in [-0.1, -0.05) is 36.4 Å². The van der Waals surface area contributed by atoms with Crippen LogP contribution in [0.1, 0.15) is 16.1 Å². The van der Waals surface area contributed by atoms with E-state index in [1.165, 1.54) is 5.56 Å². The van der Waals surface area contributed by atoms with Gasteiger partial charge in [0.2, 0.25) is 0 Å². The second kappa shape index (κ2) is 8.44. The molecule has 0 aliphatic carbocycles. The zero-order valence-electron chi connectivity index (χ0n) is 13.5. The van der Waals surface area contributed by atoms with E-state index in [1.807, 2.05) is 42.5 Å². The predicted octanol–water partition coefficient (Wildman–Crippen LogP) is 4.72. The number of rotatable bonds is 6. The molecule has 1 amide bonds. The first kappa shape index (κ1) is 17.2. The summed E-state index contributed by atoms with van der Waals surface area (Å²) < 4.78 is 6.37. The minimum Gasteiger partial charge on any atom is -0.493 e. The molecule has 2 aromatic carbocycles. The van der Waals surface area contributed by atoms with Gasteiger partial charge in [-0.2, -0.15) is 0 Å². The molecule has 5 heteroatoms. The summed E-state index contributed by atoms with van der Waals surface area (Å²) in [7, 11) is 0. The summed E-state index contributed by atoms with van der Waals surface area (Å²) in [5.74, 6) is 0.522. The molecule has 3 aromatic rings. The van der Waals surface area contributed by atoms with Gasteiger partial charge in [-0.25, -0.2) is 4.98 Å². The van der Waals surface area contributed by atoms with Gasteiger partial charge in [0.25, 0.3) is 5.91 Å². The quantitative estimate of drug-likeness (QED) is 0.613. The molecule has 0 spiro atoms. The molecule has 0 radical (unpaired) electrons. The molecular weight excluding hydrogens is 380 g/mol. The Hall–Kier alpha value is -2.66. The van der Waals surface area contributed by atoms with Crippen LogP contribution in [0.3, 0.4) is 0 Å². The largest absolute Gasteiger partial charge is 0.493 e. The van der Waals surface area contributed by atoms with Gasteiger partial charge < -0.3 is 10.1 Å². The van der Waals surface area contributed by atoms with E-state index in [2.05, 4.69) is 38.4 Å². The van der Waals surface area contributed by atoms with Crippen LogP contribution in [0.15, 0.2) is 77.4 Å². The highest BCUT2D eigenvalue weighted by Crippen LogP contribution is 2.17. The van der Waals surface area contributed by atoms with E-state index in [-0.39, 0.29) is 5.91 Å². The van der Waals surface area contributed by atoms with Gasteiger partial charge in [-0.15, -0.1) is 0 Å². The molecule has 1 heterocycles. The number of hydrogen-bond donors (Lipinski definition) is 1. The monoisotopic (exact) mass is 396 g/mol. The molecule has 4 nitrogen and oxygen atoms in total. The fourth-order valence-corrected chi connectivity index (χ4v) is 2.64. The van der Waals surface area contributed by atoms with Crippen LogP contribution in [0.25, 0.3) is 0 Å². The number of ether oxygens (including phenoxy) is 1. The lowest BCUT2D eigenvalue weighted by Gasteiger charge is -2.08. The molecule has 0 aliphatic rings. The molecule has 0 saturated heterocycles. The second-order valence-corrected chi connectivity index (χ2v) is 6.22. The Morgan fingerprint density at radius 1 is 0.960 bits per heavy atom. The van der Waals surface area contributed by atoms with Crippen LogP contribution in [0.5, 0.6) is 5.75 Å². The Morgan fingerprint density at radius 2 is 1.72 bits per heavy atom. The average molecular weight is 397 g/mol. The van der Waals surface area contributed by atoms with Crippen molar-refractivity contribution >= 4 is 27.5 Å². The number of anilines is 1. The molecule has 0 unspecified atom stereocenters. The number of nitrogens with one attached hydrogen (secondary N) is 1. The Labute approximate surface area is 155 Å². The second-order valence-electron chi connectivity index (χ2n) is 5.41. The first-order valence-corrected chi connectivity index (χ1v) is 8.71. The van der Waals surface area contributed by atoms with Gasteiger partial charge in [0.15, 0.2) is 0 Å². The third kappa shape index (κ3) is 5.16. The maximum Gasteiger partial charge on any atom is 0.274 e. The van der Waals surface area contributed by atoms with E-state index in [0.29, 0.717) is 22.6 Å². The zero-order valence-corrected chi connectivity index (χ0v) is 15.1. The number of carbonyl (C=O) groups is 1. The van der Waals surface area contributed by atoms with Gasteiger partial charge >= 0.3 is 0 Å². The van der Waals surface area contributed by atoms with Crippen molar-refractivity contribution in [3.8, 4) is 5.75 Å². The summed E-state index contributed by atoms with van der Waals surface area (Å²) in [6, 6.07) is 22.7. The van der Waals surface area contributed by atoms with E-state index < -0.39 is 0 Å². The van der Waals surface area contributed by atoms with Crippen LogP contribution in [0, 0.1) is 0 Å². The maximum atomic E-state index is 12.2. The van der Waals surface area contributed by atoms with Crippen molar-refractivity contribution in [2.24, 2.45) is 0 Å². The van der Waals surface area contributed by atoms with Crippen molar-refractivity contribution in [3.05, 3.63) is 88.7 Å². The number of nitrogens with zero attached hydrogens (tertiary/aromatic N) is 1. The Balaban J connectivity index is 1.52. The maximum absolute atomic E-state index is 12.2. The fraction of sp³-hybridized carbons (Fsp3) is 0.100. The minimum atomic E-state index is -0.251. The lowest BCUT2D eigenvalue weighted by molar-refractivity contribution is 0.102. The van der Waals surface area contributed by atoms with E-state index in [1.54, 1.807) is 18.2 Å². The molecular formula is C20H17BrN2O2. The van der Waals surface area contributed by atoms with Gasteiger partial charge in [-0.3, -0.25) is 4.79 Å². The first-order valence-electron chi connectivity index (χ1n) is 7.91. The summed E-state index contributed by atoms with van der Waals surface area (Å²) in [5.41, 5.74) is 2.30. The molecule has 0 saturated carbocycles. The summed E-state index contributed by atoms with van der Waals surface area (Å²) in [4.78, 5) is 16.3. The SMILES string of the molecule is O=C(Nc1ccc(OCCc2ccccc2)cc1)c1cccc(Br)n1. The lowest BCUT2D eigenvalue weighted by atomic mass is 10.2. The van der Waals surface area contributed by atoms with Crippen molar-refractivity contribution in [2.45, 2.75) is 6.42 Å². The third-order valence-corrected chi connectivity index (χ3v) is 4.00.